The molecule has 5 nitrogen and oxygen atoms in total. The first kappa shape index (κ1) is 19.4. The fraction of sp³-hybridized carbons (Fsp3) is 0.263. The molecule has 1 aliphatic heterocycles. The molecule has 1 aromatic carbocycles. The van der Waals surface area contributed by atoms with Crippen molar-refractivity contribution in [3.05, 3.63) is 75.2 Å². The van der Waals surface area contributed by atoms with E-state index in [-0.39, 0.29) is 5.82 Å². The van der Waals surface area contributed by atoms with E-state index in [1.54, 1.807) is 46.8 Å². The molecule has 0 unspecified atom stereocenters. The van der Waals surface area contributed by atoms with Crippen molar-refractivity contribution in [2.75, 3.05) is 12.3 Å². The molecule has 0 bridgehead atoms. The number of rotatable bonds is 8. The number of allylic oxidation sites excluding steroid dienone is 1. The van der Waals surface area contributed by atoms with Gasteiger partial charge in [0, 0.05) is 17.6 Å². The zero-order chi connectivity index (χ0) is 19.1. The van der Waals surface area contributed by atoms with E-state index in [9.17, 15) is 9.18 Å². The van der Waals surface area contributed by atoms with Gasteiger partial charge in [0.2, 0.25) is 0 Å². The van der Waals surface area contributed by atoms with Gasteiger partial charge in [-0.25, -0.2) is 9.18 Å². The average molecular weight is 407 g/mol. The van der Waals surface area contributed by atoms with Gasteiger partial charge in [0.05, 0.1) is 12.1 Å². The SMILES string of the molecule is O=C(O)OC1=C(SCCCc2ccc(F)cc2)N(Cc2cncs2)CC=C1. The van der Waals surface area contributed by atoms with Crippen molar-refractivity contribution in [3.8, 4) is 0 Å². The standard InChI is InChI=1S/C19H19FN2O3S2/c20-15-7-5-14(6-8-15)3-2-10-26-18-17(25-19(23)24)4-1-9-22(18)12-16-11-21-13-27-16/h1,4-8,11,13H,2-3,9-10,12H2,(H,23,24). The molecule has 0 saturated heterocycles. The summed E-state index contributed by atoms with van der Waals surface area (Å²) in [4.78, 5) is 18.3. The summed E-state index contributed by atoms with van der Waals surface area (Å²) >= 11 is 3.14. The topological polar surface area (TPSA) is 62.7 Å². The number of carboxylic acid groups (broad SMARTS) is 1. The largest absolute Gasteiger partial charge is 0.511 e. The number of ether oxygens (including phenoxy) is 1. The Morgan fingerprint density at radius 3 is 2.89 bits per heavy atom. The summed E-state index contributed by atoms with van der Waals surface area (Å²) in [7, 11) is 0. The van der Waals surface area contributed by atoms with Crippen LogP contribution < -0.4 is 0 Å². The molecule has 2 aromatic rings. The smallest absolute Gasteiger partial charge is 0.449 e. The van der Waals surface area contributed by atoms with E-state index in [1.807, 2.05) is 12.3 Å². The Labute approximate surface area is 165 Å². The maximum Gasteiger partial charge on any atom is 0.511 e. The van der Waals surface area contributed by atoms with Crippen molar-refractivity contribution in [3.63, 3.8) is 0 Å². The maximum absolute atomic E-state index is 13.0. The van der Waals surface area contributed by atoms with Crippen LogP contribution in [0.1, 0.15) is 16.9 Å². The average Bonchev–Trinajstić information content (AvgIpc) is 3.14. The molecule has 0 saturated carbocycles. The second-order valence-electron chi connectivity index (χ2n) is 5.87. The van der Waals surface area contributed by atoms with Gasteiger partial charge in [-0.3, -0.25) is 4.98 Å². The van der Waals surface area contributed by atoms with Crippen molar-refractivity contribution >= 4 is 29.3 Å². The van der Waals surface area contributed by atoms with E-state index in [4.69, 9.17) is 9.84 Å². The van der Waals surface area contributed by atoms with Gasteiger partial charge in [-0.2, -0.15) is 0 Å². The minimum Gasteiger partial charge on any atom is -0.449 e. The highest BCUT2D eigenvalue weighted by Gasteiger charge is 2.21. The van der Waals surface area contributed by atoms with Crippen LogP contribution in [0.4, 0.5) is 9.18 Å². The third-order valence-corrected chi connectivity index (χ3v) is 5.87. The van der Waals surface area contributed by atoms with Crippen molar-refractivity contribution < 1.29 is 19.0 Å². The number of thioether (sulfide) groups is 1. The van der Waals surface area contributed by atoms with Crippen molar-refractivity contribution in [1.29, 1.82) is 0 Å². The van der Waals surface area contributed by atoms with Gasteiger partial charge < -0.3 is 14.7 Å². The molecule has 0 atom stereocenters. The van der Waals surface area contributed by atoms with Crippen LogP contribution in [-0.4, -0.2) is 33.4 Å². The summed E-state index contributed by atoms with van der Waals surface area (Å²) < 4.78 is 18.0. The van der Waals surface area contributed by atoms with Gasteiger partial charge in [0.15, 0.2) is 5.76 Å². The van der Waals surface area contributed by atoms with Gasteiger partial charge in [0.25, 0.3) is 0 Å². The van der Waals surface area contributed by atoms with E-state index in [1.165, 1.54) is 12.1 Å². The number of aromatic nitrogens is 1. The lowest BCUT2D eigenvalue weighted by Gasteiger charge is -2.29. The molecule has 0 aliphatic carbocycles. The molecule has 0 amide bonds. The maximum atomic E-state index is 13.0. The second-order valence-corrected chi connectivity index (χ2v) is 7.92. The summed E-state index contributed by atoms with van der Waals surface area (Å²) in [6.07, 6.45) is 5.82. The van der Waals surface area contributed by atoms with Crippen LogP contribution in [-0.2, 0) is 17.7 Å². The first-order valence-corrected chi connectivity index (χ1v) is 10.3. The van der Waals surface area contributed by atoms with Gasteiger partial charge in [-0.05, 0) is 42.4 Å². The summed E-state index contributed by atoms with van der Waals surface area (Å²) in [6.45, 7) is 1.34. The molecule has 8 heteroatoms. The van der Waals surface area contributed by atoms with Crippen LogP contribution in [0.5, 0.6) is 0 Å². The molecule has 1 aliphatic rings. The predicted molar refractivity (Wildman–Crippen MR) is 105 cm³/mol. The molecule has 0 spiro atoms. The van der Waals surface area contributed by atoms with Crippen molar-refractivity contribution in [2.45, 2.75) is 19.4 Å². The lowest BCUT2D eigenvalue weighted by molar-refractivity contribution is 0.119. The fourth-order valence-electron chi connectivity index (χ4n) is 2.67. The van der Waals surface area contributed by atoms with E-state index in [0.29, 0.717) is 18.8 Å². The van der Waals surface area contributed by atoms with Crippen LogP contribution in [0.2, 0.25) is 0 Å². The summed E-state index contributed by atoms with van der Waals surface area (Å²) in [5.74, 6) is 0.915. The zero-order valence-electron chi connectivity index (χ0n) is 14.5. The van der Waals surface area contributed by atoms with Gasteiger partial charge >= 0.3 is 6.16 Å². The molecule has 0 fully saturated rings. The molecule has 2 heterocycles. The van der Waals surface area contributed by atoms with Crippen molar-refractivity contribution in [1.82, 2.24) is 9.88 Å². The van der Waals surface area contributed by atoms with Crippen LogP contribution >= 0.6 is 23.1 Å². The Morgan fingerprint density at radius 1 is 1.37 bits per heavy atom. The van der Waals surface area contributed by atoms with Crippen LogP contribution in [0.15, 0.2) is 58.9 Å². The molecular weight excluding hydrogens is 387 g/mol. The highest BCUT2D eigenvalue weighted by Crippen LogP contribution is 2.31. The van der Waals surface area contributed by atoms with E-state index in [0.717, 1.165) is 34.1 Å². The number of hydrogen-bond acceptors (Lipinski definition) is 6. The van der Waals surface area contributed by atoms with E-state index < -0.39 is 6.16 Å². The number of carbonyl (C=O) groups is 1. The first-order chi connectivity index (χ1) is 13.1. The Hall–Kier alpha value is -2.32. The van der Waals surface area contributed by atoms with E-state index in [2.05, 4.69) is 9.88 Å². The van der Waals surface area contributed by atoms with Gasteiger partial charge in [-0.15, -0.1) is 23.1 Å². The van der Waals surface area contributed by atoms with Gasteiger partial charge in [0.1, 0.15) is 10.8 Å². The normalized spacial score (nSPS) is 13.9. The number of benzene rings is 1. The molecular formula is C19H19FN2O3S2. The number of nitrogens with zero attached hydrogens (tertiary/aromatic N) is 2. The highest BCUT2D eigenvalue weighted by atomic mass is 32.2. The Morgan fingerprint density at radius 2 is 2.19 bits per heavy atom. The first-order valence-electron chi connectivity index (χ1n) is 8.43. The lowest BCUT2D eigenvalue weighted by atomic mass is 10.1. The summed E-state index contributed by atoms with van der Waals surface area (Å²) in [5, 5.41) is 9.82. The third-order valence-electron chi connectivity index (χ3n) is 3.88. The van der Waals surface area contributed by atoms with Crippen molar-refractivity contribution in [2.24, 2.45) is 0 Å². The molecule has 3 rings (SSSR count). The molecule has 1 N–H and O–H groups in total. The highest BCUT2D eigenvalue weighted by molar-refractivity contribution is 8.03. The number of thiazole rings is 1. The van der Waals surface area contributed by atoms with Crippen LogP contribution in [0.3, 0.4) is 0 Å². The number of halogens is 1. The Balaban J connectivity index is 1.63. The minimum absolute atomic E-state index is 0.235. The Bertz CT molecular complexity index is 820. The van der Waals surface area contributed by atoms with Crippen LogP contribution in [0.25, 0.3) is 0 Å². The number of aryl methyl sites for hydroxylation is 1. The molecule has 142 valence electrons. The summed E-state index contributed by atoms with van der Waals surface area (Å²) in [5.41, 5.74) is 2.86. The van der Waals surface area contributed by atoms with E-state index >= 15 is 0 Å². The fourth-order valence-corrected chi connectivity index (χ4v) is 4.34. The monoisotopic (exact) mass is 406 g/mol. The van der Waals surface area contributed by atoms with Gasteiger partial charge in [-0.1, -0.05) is 18.2 Å². The second kappa shape index (κ2) is 9.57. The lowest BCUT2D eigenvalue weighted by Crippen LogP contribution is -2.25. The van der Waals surface area contributed by atoms with Crippen LogP contribution in [0, 0.1) is 5.82 Å². The number of hydrogen-bond donors (Lipinski definition) is 1. The third kappa shape index (κ3) is 5.83. The summed E-state index contributed by atoms with van der Waals surface area (Å²) in [6, 6.07) is 6.51. The molecule has 0 radical (unpaired) electrons. The zero-order valence-corrected chi connectivity index (χ0v) is 16.1. The quantitative estimate of drug-likeness (QED) is 0.498. The Kier molecular flexibility index (Phi) is 6.89. The molecule has 27 heavy (non-hydrogen) atoms. The molecule has 1 aromatic heterocycles. The minimum atomic E-state index is -1.32. The predicted octanol–water partition coefficient (Wildman–Crippen LogP) is 4.88.